The van der Waals surface area contributed by atoms with Gasteiger partial charge in [-0.2, -0.15) is 13.2 Å². The molecule has 6 rings (SSSR count). The number of hydrogen-bond donors (Lipinski definition) is 1. The summed E-state index contributed by atoms with van der Waals surface area (Å²) in [6.07, 6.45) is -3.58. The molecule has 2 aliphatic rings. The Kier molecular flexibility index (Phi) is 7.53. The molecule has 2 aromatic carbocycles. The number of methoxy groups -OCH3 is 2. The van der Waals surface area contributed by atoms with E-state index in [-0.39, 0.29) is 41.5 Å². The predicted molar refractivity (Wildman–Crippen MR) is 156 cm³/mol. The van der Waals surface area contributed by atoms with Crippen molar-refractivity contribution in [1.29, 1.82) is 0 Å². The quantitative estimate of drug-likeness (QED) is 0.290. The molecule has 0 spiro atoms. The third-order valence-electron chi connectivity index (χ3n) is 8.16. The number of thiazole rings is 1. The maximum atomic E-state index is 14.4. The number of carbonyl (C=O) groups is 1. The number of fused-ring (bicyclic) bond motifs is 1. The summed E-state index contributed by atoms with van der Waals surface area (Å²) in [5, 5.41) is 3.35. The minimum absolute atomic E-state index is 0.0236. The van der Waals surface area contributed by atoms with Crippen LogP contribution in [0.25, 0.3) is 10.3 Å². The van der Waals surface area contributed by atoms with Crippen LogP contribution in [0.4, 0.5) is 18.3 Å². The van der Waals surface area contributed by atoms with Gasteiger partial charge in [0.25, 0.3) is 5.56 Å². The van der Waals surface area contributed by atoms with Gasteiger partial charge in [0, 0.05) is 24.7 Å². The molecule has 1 saturated heterocycles. The second-order valence-electron chi connectivity index (χ2n) is 10.8. The zero-order chi connectivity index (χ0) is 30.4. The molecule has 13 heteroatoms. The van der Waals surface area contributed by atoms with Gasteiger partial charge in [0.1, 0.15) is 28.8 Å². The summed E-state index contributed by atoms with van der Waals surface area (Å²) < 4.78 is 55.0. The Morgan fingerprint density at radius 3 is 2.56 bits per heavy atom. The number of hydrogen-bond acceptors (Lipinski definition) is 8. The van der Waals surface area contributed by atoms with Crippen molar-refractivity contribution in [2.75, 3.05) is 25.7 Å². The van der Waals surface area contributed by atoms with Gasteiger partial charge in [0.15, 0.2) is 15.5 Å². The second kappa shape index (κ2) is 11.2. The lowest BCUT2D eigenvalue weighted by Gasteiger charge is -2.23. The van der Waals surface area contributed by atoms with E-state index < -0.39 is 23.2 Å². The van der Waals surface area contributed by atoms with E-state index in [1.54, 1.807) is 18.2 Å². The van der Waals surface area contributed by atoms with E-state index in [9.17, 15) is 22.8 Å². The number of benzene rings is 2. The largest absolute Gasteiger partial charge is 0.497 e. The molecule has 9 nitrogen and oxygen atoms in total. The van der Waals surface area contributed by atoms with Gasteiger partial charge in [-0.3, -0.25) is 14.2 Å². The average molecular weight is 614 g/mol. The number of alkyl halides is 3. The Bertz CT molecular complexity index is 1720. The number of halogens is 3. The number of aromatic nitrogens is 3. The first kappa shape index (κ1) is 29.0. The molecule has 4 aromatic rings. The molecule has 2 aromatic heterocycles. The SMILES string of the molecule is COc1ccc(Cn2c(C3(C(F)(F)F)CC3)nc3sc(N4CCCC4C(=O)NCc4ccccc4)nc3c2=O)c(OC)c1. The summed E-state index contributed by atoms with van der Waals surface area (Å²) in [5.41, 5.74) is -1.44. The van der Waals surface area contributed by atoms with Gasteiger partial charge in [0.2, 0.25) is 5.91 Å². The van der Waals surface area contributed by atoms with Crippen molar-refractivity contribution in [1.82, 2.24) is 19.9 Å². The predicted octanol–water partition coefficient (Wildman–Crippen LogP) is 4.80. The number of anilines is 1. The Hall–Kier alpha value is -4.13. The van der Waals surface area contributed by atoms with E-state index >= 15 is 0 Å². The van der Waals surface area contributed by atoms with Crippen LogP contribution in [0.1, 0.15) is 42.6 Å². The first-order valence-corrected chi connectivity index (χ1v) is 14.7. The fourth-order valence-electron chi connectivity index (χ4n) is 5.61. The van der Waals surface area contributed by atoms with Gasteiger partial charge in [-0.1, -0.05) is 41.7 Å². The van der Waals surface area contributed by atoms with Gasteiger partial charge in [-0.05, 0) is 43.4 Å². The van der Waals surface area contributed by atoms with Crippen LogP contribution in [0, 0.1) is 0 Å². The van der Waals surface area contributed by atoms with Crippen molar-refractivity contribution in [3.63, 3.8) is 0 Å². The van der Waals surface area contributed by atoms with Crippen molar-refractivity contribution in [2.24, 2.45) is 0 Å². The molecule has 1 atom stereocenters. The van der Waals surface area contributed by atoms with Crippen LogP contribution in [0.3, 0.4) is 0 Å². The summed E-state index contributed by atoms with van der Waals surface area (Å²) in [4.78, 5) is 38.0. The van der Waals surface area contributed by atoms with Gasteiger partial charge in [-0.15, -0.1) is 0 Å². The van der Waals surface area contributed by atoms with Crippen molar-refractivity contribution in [3.05, 3.63) is 75.8 Å². The normalized spacial score (nSPS) is 17.7. The molecule has 1 N–H and O–H groups in total. The standard InChI is InChI=1S/C30H30F3N5O4S/c1-41-20-11-10-19(22(15-20)42-2)17-38-26(40)23-25(36-27(38)29(12-13-29)30(31,32)33)43-28(35-23)37-14-6-9-21(37)24(39)34-16-18-7-4-3-5-8-18/h3-5,7-8,10-11,15,21H,6,9,12-14,16-17H2,1-2H3,(H,34,39). The topological polar surface area (TPSA) is 98.6 Å². The Morgan fingerprint density at radius 2 is 1.88 bits per heavy atom. The number of rotatable bonds is 9. The van der Waals surface area contributed by atoms with E-state index in [0.29, 0.717) is 41.7 Å². The zero-order valence-corrected chi connectivity index (χ0v) is 24.4. The van der Waals surface area contributed by atoms with E-state index in [0.717, 1.165) is 27.9 Å². The van der Waals surface area contributed by atoms with Crippen LogP contribution in [0.2, 0.25) is 0 Å². The molecule has 2 fully saturated rings. The van der Waals surface area contributed by atoms with Crippen LogP contribution >= 0.6 is 11.3 Å². The van der Waals surface area contributed by atoms with Crippen LogP contribution in [0.15, 0.2) is 53.3 Å². The summed E-state index contributed by atoms with van der Waals surface area (Å²) in [6, 6.07) is 13.9. The zero-order valence-electron chi connectivity index (χ0n) is 23.6. The Morgan fingerprint density at radius 1 is 1.12 bits per heavy atom. The molecule has 1 unspecified atom stereocenters. The lowest BCUT2D eigenvalue weighted by atomic mass is 10.0. The molecule has 0 radical (unpaired) electrons. The average Bonchev–Trinajstić information content (AvgIpc) is 3.49. The van der Waals surface area contributed by atoms with Crippen molar-refractivity contribution in [2.45, 2.75) is 56.4 Å². The van der Waals surface area contributed by atoms with Crippen molar-refractivity contribution < 1.29 is 27.4 Å². The van der Waals surface area contributed by atoms with Gasteiger partial charge in [0.05, 0.1) is 20.8 Å². The minimum atomic E-state index is -4.59. The van der Waals surface area contributed by atoms with Crippen LogP contribution in [-0.4, -0.2) is 53.4 Å². The van der Waals surface area contributed by atoms with Crippen LogP contribution in [0.5, 0.6) is 11.5 Å². The molecule has 1 aliphatic carbocycles. The molecule has 3 heterocycles. The summed E-state index contributed by atoms with van der Waals surface area (Å²) >= 11 is 1.04. The molecule has 1 saturated carbocycles. The third-order valence-corrected chi connectivity index (χ3v) is 9.15. The first-order valence-electron chi connectivity index (χ1n) is 13.9. The van der Waals surface area contributed by atoms with E-state index in [4.69, 9.17) is 9.47 Å². The van der Waals surface area contributed by atoms with Crippen molar-refractivity contribution >= 4 is 32.7 Å². The van der Waals surface area contributed by atoms with Crippen LogP contribution in [-0.2, 0) is 23.3 Å². The van der Waals surface area contributed by atoms with Crippen LogP contribution < -0.4 is 25.2 Å². The highest BCUT2D eigenvalue weighted by Gasteiger charge is 2.67. The Labute approximate surface area is 249 Å². The lowest BCUT2D eigenvalue weighted by Crippen LogP contribution is -2.43. The monoisotopic (exact) mass is 613 g/mol. The smallest absolute Gasteiger partial charge is 0.401 e. The number of carbonyl (C=O) groups excluding carboxylic acids is 1. The molecular formula is C30H30F3N5O4S. The number of ether oxygens (including phenoxy) is 2. The first-order chi connectivity index (χ1) is 20.6. The molecular weight excluding hydrogens is 583 g/mol. The molecule has 226 valence electrons. The molecule has 0 bridgehead atoms. The summed E-state index contributed by atoms with van der Waals surface area (Å²) in [7, 11) is 2.93. The van der Waals surface area contributed by atoms with E-state index in [1.807, 2.05) is 35.2 Å². The highest BCUT2D eigenvalue weighted by molar-refractivity contribution is 7.21. The number of nitrogens with one attached hydrogen (secondary N) is 1. The lowest BCUT2D eigenvalue weighted by molar-refractivity contribution is -0.163. The third kappa shape index (κ3) is 5.30. The number of amides is 1. The highest BCUT2D eigenvalue weighted by atomic mass is 32.1. The fourth-order valence-corrected chi connectivity index (χ4v) is 6.62. The van der Waals surface area contributed by atoms with Crippen molar-refractivity contribution in [3.8, 4) is 11.5 Å². The van der Waals surface area contributed by atoms with E-state index in [2.05, 4.69) is 15.3 Å². The fraction of sp³-hybridized carbons (Fsp3) is 0.400. The maximum absolute atomic E-state index is 14.4. The Balaban J connectivity index is 1.38. The summed E-state index contributed by atoms with van der Waals surface area (Å²) in [5.74, 6) is 0.374. The summed E-state index contributed by atoms with van der Waals surface area (Å²) in [6.45, 7) is 0.705. The number of nitrogens with zero attached hydrogens (tertiary/aromatic N) is 4. The minimum Gasteiger partial charge on any atom is -0.497 e. The van der Waals surface area contributed by atoms with E-state index in [1.165, 1.54) is 14.2 Å². The molecule has 1 aliphatic heterocycles. The maximum Gasteiger partial charge on any atom is 0.401 e. The van der Waals surface area contributed by atoms with Gasteiger partial charge >= 0.3 is 6.18 Å². The highest BCUT2D eigenvalue weighted by Crippen LogP contribution is 2.58. The van der Waals surface area contributed by atoms with Gasteiger partial charge < -0.3 is 19.7 Å². The second-order valence-corrected chi connectivity index (χ2v) is 11.7. The van der Waals surface area contributed by atoms with Gasteiger partial charge in [-0.25, -0.2) is 9.97 Å². The molecule has 43 heavy (non-hydrogen) atoms. The molecule has 1 amide bonds.